The molecule has 0 aliphatic carbocycles. The number of hydrogen-bond donors (Lipinski definition) is 3. The summed E-state index contributed by atoms with van der Waals surface area (Å²) >= 11 is 0. The Kier molecular flexibility index (Phi) is 4.05. The summed E-state index contributed by atoms with van der Waals surface area (Å²) in [5, 5.41) is 2.74. The van der Waals surface area contributed by atoms with E-state index >= 15 is 0 Å². The van der Waals surface area contributed by atoms with E-state index in [-0.39, 0.29) is 25.4 Å². The number of nitrogens with one attached hydrogen (secondary N) is 3. The predicted molar refractivity (Wildman–Crippen MR) is 83.9 cm³/mol. The average molecular weight is 313 g/mol. The van der Waals surface area contributed by atoms with Crippen molar-refractivity contribution in [3.63, 3.8) is 0 Å². The molecule has 0 radical (unpaired) electrons. The fourth-order valence-electron chi connectivity index (χ4n) is 2.20. The fraction of sp³-hybridized carbons (Fsp3) is 0.200. The van der Waals surface area contributed by atoms with Crippen molar-refractivity contribution in [3.05, 3.63) is 63.2 Å². The van der Waals surface area contributed by atoms with E-state index in [0.29, 0.717) is 5.82 Å². The van der Waals surface area contributed by atoms with Crippen LogP contribution in [0.3, 0.4) is 0 Å². The highest BCUT2D eigenvalue weighted by atomic mass is 16.2. The number of carbonyl (C=O) groups is 1. The smallest absolute Gasteiger partial charge is 0.328 e. The first-order valence-corrected chi connectivity index (χ1v) is 7.12. The number of hydrogen-bond acceptors (Lipinski definition) is 4. The van der Waals surface area contributed by atoms with Crippen molar-refractivity contribution in [2.75, 3.05) is 0 Å². The number of amides is 1. The maximum Gasteiger partial charge on any atom is 0.328 e. The van der Waals surface area contributed by atoms with Crippen LogP contribution in [0.2, 0.25) is 0 Å². The molecule has 2 heterocycles. The standard InChI is InChI=1S/C15H15N5O3/c21-13(5-7-20-8-6-14(22)19-15(20)23)16-9-12-17-10-3-1-2-4-11(10)18-12/h1-4,6,8H,5,7,9H2,(H,16,21)(H,17,18)(H,19,22,23). The van der Waals surface area contributed by atoms with Gasteiger partial charge >= 0.3 is 5.69 Å². The summed E-state index contributed by atoms with van der Waals surface area (Å²) in [5.74, 6) is 0.462. The molecule has 2 aromatic heterocycles. The van der Waals surface area contributed by atoms with Crippen molar-refractivity contribution in [2.45, 2.75) is 19.5 Å². The second kappa shape index (κ2) is 6.30. The van der Waals surface area contributed by atoms with Crippen LogP contribution in [0.4, 0.5) is 0 Å². The number of aromatic amines is 2. The quantitative estimate of drug-likeness (QED) is 0.621. The number of benzene rings is 1. The largest absolute Gasteiger partial charge is 0.349 e. The van der Waals surface area contributed by atoms with E-state index < -0.39 is 11.2 Å². The minimum atomic E-state index is -0.525. The Hall–Kier alpha value is -3.16. The van der Waals surface area contributed by atoms with Crippen LogP contribution in [0.25, 0.3) is 11.0 Å². The van der Waals surface area contributed by atoms with Crippen LogP contribution in [0.1, 0.15) is 12.2 Å². The van der Waals surface area contributed by atoms with Crippen molar-refractivity contribution in [2.24, 2.45) is 0 Å². The van der Waals surface area contributed by atoms with E-state index in [1.54, 1.807) is 0 Å². The van der Waals surface area contributed by atoms with Gasteiger partial charge in [0.2, 0.25) is 5.91 Å². The van der Waals surface area contributed by atoms with Gasteiger partial charge in [0.1, 0.15) is 5.82 Å². The highest BCUT2D eigenvalue weighted by Gasteiger charge is 2.06. The number of imidazole rings is 1. The molecule has 3 N–H and O–H groups in total. The maximum absolute atomic E-state index is 11.8. The van der Waals surface area contributed by atoms with Gasteiger partial charge in [-0.1, -0.05) is 12.1 Å². The molecular formula is C15H15N5O3. The molecule has 8 nitrogen and oxygen atoms in total. The van der Waals surface area contributed by atoms with Gasteiger partial charge in [-0.15, -0.1) is 0 Å². The molecule has 23 heavy (non-hydrogen) atoms. The Bertz CT molecular complexity index is 920. The molecule has 0 unspecified atom stereocenters. The van der Waals surface area contributed by atoms with Crippen molar-refractivity contribution in [3.8, 4) is 0 Å². The van der Waals surface area contributed by atoms with Crippen molar-refractivity contribution in [1.29, 1.82) is 0 Å². The Morgan fingerprint density at radius 2 is 2.00 bits per heavy atom. The number of aromatic nitrogens is 4. The molecule has 1 amide bonds. The van der Waals surface area contributed by atoms with Crippen LogP contribution in [-0.2, 0) is 17.9 Å². The Labute approximate surface area is 130 Å². The summed E-state index contributed by atoms with van der Waals surface area (Å²) in [5.41, 5.74) is 0.774. The average Bonchev–Trinajstić information content (AvgIpc) is 2.95. The minimum Gasteiger partial charge on any atom is -0.349 e. The van der Waals surface area contributed by atoms with Gasteiger partial charge in [-0.2, -0.15) is 0 Å². The van der Waals surface area contributed by atoms with Gasteiger partial charge in [0, 0.05) is 25.2 Å². The van der Waals surface area contributed by atoms with Gasteiger partial charge < -0.3 is 14.9 Å². The van der Waals surface area contributed by atoms with E-state index in [1.807, 2.05) is 24.3 Å². The van der Waals surface area contributed by atoms with E-state index in [0.717, 1.165) is 11.0 Å². The van der Waals surface area contributed by atoms with Crippen LogP contribution in [-0.4, -0.2) is 25.4 Å². The summed E-state index contributed by atoms with van der Waals surface area (Å²) < 4.78 is 1.28. The van der Waals surface area contributed by atoms with E-state index in [4.69, 9.17) is 0 Å². The number of carbonyl (C=O) groups excluding carboxylic acids is 1. The molecule has 0 spiro atoms. The Morgan fingerprint density at radius 1 is 1.17 bits per heavy atom. The molecule has 0 bridgehead atoms. The lowest BCUT2D eigenvalue weighted by molar-refractivity contribution is -0.121. The summed E-state index contributed by atoms with van der Waals surface area (Å²) in [6.45, 7) is 0.482. The third-order valence-corrected chi connectivity index (χ3v) is 3.37. The molecule has 0 saturated heterocycles. The maximum atomic E-state index is 11.8. The molecule has 8 heteroatoms. The summed E-state index contributed by atoms with van der Waals surface area (Å²) in [7, 11) is 0. The van der Waals surface area contributed by atoms with Gasteiger partial charge in [0.05, 0.1) is 17.6 Å². The van der Waals surface area contributed by atoms with Gasteiger partial charge in [0.15, 0.2) is 0 Å². The van der Waals surface area contributed by atoms with Gasteiger partial charge in [-0.05, 0) is 12.1 Å². The molecule has 3 aromatic rings. The molecule has 3 rings (SSSR count). The molecule has 0 fully saturated rings. The number of aryl methyl sites for hydroxylation is 1. The zero-order valence-electron chi connectivity index (χ0n) is 12.2. The second-order valence-corrected chi connectivity index (χ2v) is 5.03. The number of para-hydroxylation sites is 2. The van der Waals surface area contributed by atoms with Gasteiger partial charge in [0.25, 0.3) is 5.56 Å². The molecule has 0 atom stereocenters. The minimum absolute atomic E-state index is 0.131. The lowest BCUT2D eigenvalue weighted by Gasteiger charge is -2.05. The molecule has 0 aliphatic rings. The molecule has 0 saturated carbocycles. The van der Waals surface area contributed by atoms with E-state index in [2.05, 4.69) is 20.3 Å². The third kappa shape index (κ3) is 3.54. The van der Waals surface area contributed by atoms with Crippen LogP contribution in [0, 0.1) is 0 Å². The predicted octanol–water partition coefficient (Wildman–Crippen LogP) is 0.119. The van der Waals surface area contributed by atoms with Crippen LogP contribution in [0.15, 0.2) is 46.1 Å². The zero-order valence-corrected chi connectivity index (χ0v) is 12.2. The van der Waals surface area contributed by atoms with E-state index in [9.17, 15) is 14.4 Å². The lowest BCUT2D eigenvalue weighted by atomic mass is 10.3. The summed E-state index contributed by atoms with van der Waals surface area (Å²) in [4.78, 5) is 43.9. The first kappa shape index (κ1) is 14.8. The second-order valence-electron chi connectivity index (χ2n) is 5.03. The number of rotatable bonds is 5. The fourth-order valence-corrected chi connectivity index (χ4v) is 2.20. The monoisotopic (exact) mass is 313 g/mol. The number of H-pyrrole nitrogens is 2. The first-order chi connectivity index (χ1) is 11.1. The normalized spacial score (nSPS) is 10.8. The first-order valence-electron chi connectivity index (χ1n) is 7.12. The number of fused-ring (bicyclic) bond motifs is 1. The summed E-state index contributed by atoms with van der Waals surface area (Å²) in [6.07, 6.45) is 1.50. The van der Waals surface area contributed by atoms with Crippen LogP contribution in [0.5, 0.6) is 0 Å². The Morgan fingerprint density at radius 3 is 2.78 bits per heavy atom. The SMILES string of the molecule is O=C(CCn1ccc(=O)[nH]c1=O)NCc1nc2ccccc2[nH]1. The number of nitrogens with zero attached hydrogens (tertiary/aromatic N) is 2. The van der Waals surface area contributed by atoms with Gasteiger partial charge in [-0.3, -0.25) is 14.6 Å². The molecule has 118 valence electrons. The Balaban J connectivity index is 1.55. The van der Waals surface area contributed by atoms with E-state index in [1.165, 1.54) is 16.8 Å². The molecule has 1 aromatic carbocycles. The lowest BCUT2D eigenvalue weighted by Crippen LogP contribution is -2.31. The van der Waals surface area contributed by atoms with Crippen molar-refractivity contribution < 1.29 is 4.79 Å². The molecule has 0 aliphatic heterocycles. The third-order valence-electron chi connectivity index (χ3n) is 3.37. The zero-order chi connectivity index (χ0) is 16.2. The van der Waals surface area contributed by atoms with Crippen molar-refractivity contribution in [1.82, 2.24) is 24.8 Å². The van der Waals surface area contributed by atoms with Gasteiger partial charge in [-0.25, -0.2) is 9.78 Å². The summed E-state index contributed by atoms with van der Waals surface area (Å²) in [6, 6.07) is 8.85. The highest BCUT2D eigenvalue weighted by Crippen LogP contribution is 2.09. The topological polar surface area (TPSA) is 113 Å². The molecular weight excluding hydrogens is 298 g/mol. The van der Waals surface area contributed by atoms with Crippen LogP contribution >= 0.6 is 0 Å². The van der Waals surface area contributed by atoms with Crippen molar-refractivity contribution >= 4 is 16.9 Å². The van der Waals surface area contributed by atoms with Crippen LogP contribution < -0.4 is 16.6 Å². The highest BCUT2D eigenvalue weighted by molar-refractivity contribution is 5.76.